The van der Waals surface area contributed by atoms with Crippen LogP contribution in [0, 0.1) is 15.9 Å². The summed E-state index contributed by atoms with van der Waals surface area (Å²) < 4.78 is 48.8. The van der Waals surface area contributed by atoms with Crippen molar-refractivity contribution in [3.05, 3.63) is 34.1 Å². The molecule has 14 heavy (non-hydrogen) atoms. The molecule has 0 aromatic heterocycles. The Kier molecular flexibility index (Phi) is 2.46. The largest absolute Gasteiger partial charge is 0.509 e. The Morgan fingerprint density at radius 2 is 1.79 bits per heavy atom. The van der Waals surface area contributed by atoms with E-state index in [1.807, 2.05) is 0 Å². The van der Waals surface area contributed by atoms with Crippen LogP contribution >= 0.6 is 0 Å². The second kappa shape index (κ2) is 3.28. The van der Waals surface area contributed by atoms with Gasteiger partial charge in [-0.15, -0.1) is 0 Å². The highest BCUT2D eigenvalue weighted by molar-refractivity contribution is 6.73. The number of nitro benzene ring substituents is 1. The zero-order valence-corrected chi connectivity index (χ0v) is 6.58. The van der Waals surface area contributed by atoms with Crippen molar-refractivity contribution in [3.63, 3.8) is 0 Å². The van der Waals surface area contributed by atoms with E-state index in [9.17, 15) is 27.5 Å². The summed E-state index contributed by atoms with van der Waals surface area (Å²) in [6.07, 6.45) is 0. The van der Waals surface area contributed by atoms with Gasteiger partial charge in [0.25, 0.3) is 5.69 Å². The van der Waals surface area contributed by atoms with Crippen LogP contribution in [0.3, 0.4) is 0 Å². The maximum absolute atomic E-state index is 12.5. The molecule has 0 radical (unpaired) electrons. The van der Waals surface area contributed by atoms with E-state index in [0.717, 1.165) is 0 Å². The summed E-state index contributed by atoms with van der Waals surface area (Å²) in [6.45, 7) is -5.42. The molecule has 0 aliphatic rings. The van der Waals surface area contributed by atoms with E-state index in [1.165, 1.54) is 0 Å². The molecule has 0 aliphatic carbocycles. The SMILES string of the molecule is O=[N+]([O-])c1cc(F)cc([B-](F)(F)F)c1. The van der Waals surface area contributed by atoms with Crippen LogP contribution in [0.1, 0.15) is 0 Å². The number of hydrogen-bond acceptors (Lipinski definition) is 2. The summed E-state index contributed by atoms with van der Waals surface area (Å²) in [7, 11) is 0. The maximum Gasteiger partial charge on any atom is 0.509 e. The highest BCUT2D eigenvalue weighted by Gasteiger charge is 2.28. The number of nitrogens with zero attached hydrogens (tertiary/aromatic N) is 1. The van der Waals surface area contributed by atoms with Crippen LogP contribution in [0.5, 0.6) is 0 Å². The quantitative estimate of drug-likeness (QED) is 0.321. The number of non-ortho nitro benzene ring substituents is 1. The van der Waals surface area contributed by atoms with Crippen LogP contribution in [0.15, 0.2) is 18.2 Å². The molecule has 1 aromatic carbocycles. The zero-order chi connectivity index (χ0) is 10.9. The summed E-state index contributed by atoms with van der Waals surface area (Å²) in [5, 5.41) is 10.1. The van der Waals surface area contributed by atoms with Gasteiger partial charge in [-0.1, -0.05) is 11.5 Å². The normalized spacial score (nSPS) is 11.4. The van der Waals surface area contributed by atoms with E-state index in [0.29, 0.717) is 12.1 Å². The van der Waals surface area contributed by atoms with Gasteiger partial charge in [-0.05, 0) is 6.07 Å². The molecule has 0 atom stereocenters. The van der Waals surface area contributed by atoms with Crippen molar-refractivity contribution < 1.29 is 22.3 Å². The molecule has 1 aromatic rings. The Labute approximate surface area is 75.6 Å². The van der Waals surface area contributed by atoms with E-state index in [1.54, 1.807) is 0 Å². The maximum atomic E-state index is 12.5. The van der Waals surface area contributed by atoms with E-state index in [4.69, 9.17) is 0 Å². The Bertz CT molecular complexity index is 379. The van der Waals surface area contributed by atoms with Gasteiger partial charge in [0.1, 0.15) is 5.82 Å². The Morgan fingerprint density at radius 1 is 1.21 bits per heavy atom. The Morgan fingerprint density at radius 3 is 2.21 bits per heavy atom. The molecule has 1 rings (SSSR count). The van der Waals surface area contributed by atoms with Crippen LogP contribution in [0.4, 0.5) is 23.0 Å². The highest BCUT2D eigenvalue weighted by atomic mass is 19.4. The molecule has 0 aliphatic heterocycles. The molecular weight excluding hydrogens is 205 g/mol. The summed E-state index contributed by atoms with van der Waals surface area (Å²) in [6, 6.07) is 0.974. The van der Waals surface area contributed by atoms with Gasteiger partial charge in [-0.3, -0.25) is 10.1 Å². The minimum atomic E-state index is -5.42. The van der Waals surface area contributed by atoms with Gasteiger partial charge in [0.05, 0.1) is 11.0 Å². The van der Waals surface area contributed by atoms with Crippen molar-refractivity contribution in [2.45, 2.75) is 0 Å². The van der Waals surface area contributed by atoms with Crippen molar-refractivity contribution in [1.29, 1.82) is 0 Å². The van der Waals surface area contributed by atoms with E-state index >= 15 is 0 Å². The molecule has 0 saturated carbocycles. The van der Waals surface area contributed by atoms with Gasteiger partial charge >= 0.3 is 6.98 Å². The first-order valence-electron chi connectivity index (χ1n) is 3.45. The lowest BCUT2D eigenvalue weighted by Crippen LogP contribution is -2.34. The van der Waals surface area contributed by atoms with Crippen LogP contribution in [0.2, 0.25) is 0 Å². The lowest BCUT2D eigenvalue weighted by molar-refractivity contribution is -0.385. The molecule has 0 fully saturated rings. The molecule has 0 N–H and O–H groups in total. The topological polar surface area (TPSA) is 43.1 Å². The molecule has 8 heteroatoms. The van der Waals surface area contributed by atoms with Crippen molar-refractivity contribution >= 4 is 18.1 Å². The summed E-state index contributed by atoms with van der Waals surface area (Å²) in [5.74, 6) is -1.27. The van der Waals surface area contributed by atoms with Gasteiger partial charge in [-0.25, -0.2) is 4.39 Å². The van der Waals surface area contributed by atoms with Gasteiger partial charge in [-0.2, -0.15) is 0 Å². The van der Waals surface area contributed by atoms with Crippen molar-refractivity contribution in [2.75, 3.05) is 0 Å². The average molecular weight is 208 g/mol. The number of benzene rings is 1. The fraction of sp³-hybridized carbons (Fsp3) is 0. The van der Waals surface area contributed by atoms with Crippen molar-refractivity contribution in [2.24, 2.45) is 0 Å². The van der Waals surface area contributed by atoms with Crippen molar-refractivity contribution in [3.8, 4) is 0 Å². The van der Waals surface area contributed by atoms with Gasteiger partial charge in [0, 0.05) is 0 Å². The molecule has 0 bridgehead atoms. The molecular formula is C6H3BF4NO2-. The minimum Gasteiger partial charge on any atom is -0.445 e. The number of halogens is 4. The average Bonchev–Trinajstić information content (AvgIpc) is 2.01. The molecule has 0 saturated heterocycles. The summed E-state index contributed by atoms with van der Waals surface area (Å²) in [4.78, 5) is 9.04. The van der Waals surface area contributed by atoms with Gasteiger partial charge < -0.3 is 12.9 Å². The molecule has 0 unspecified atom stereocenters. The summed E-state index contributed by atoms with van der Waals surface area (Å²) in [5.41, 5.74) is -2.21. The minimum absolute atomic E-state index is 0.229. The van der Waals surface area contributed by atoms with E-state index in [-0.39, 0.29) is 6.07 Å². The molecule has 76 valence electrons. The predicted octanol–water partition coefficient (Wildman–Crippen LogP) is 1.79. The fourth-order valence-electron chi connectivity index (χ4n) is 0.891. The first-order chi connectivity index (χ1) is 6.30. The third-order valence-electron chi connectivity index (χ3n) is 1.49. The van der Waals surface area contributed by atoms with E-state index in [2.05, 4.69) is 0 Å². The summed E-state index contributed by atoms with van der Waals surface area (Å²) >= 11 is 0. The molecule has 0 amide bonds. The van der Waals surface area contributed by atoms with Crippen LogP contribution in [0.25, 0.3) is 0 Å². The smallest absolute Gasteiger partial charge is 0.445 e. The first kappa shape index (κ1) is 10.5. The highest BCUT2D eigenvalue weighted by Crippen LogP contribution is 2.16. The fourth-order valence-corrected chi connectivity index (χ4v) is 0.891. The molecule has 0 heterocycles. The second-order valence-electron chi connectivity index (χ2n) is 2.57. The lowest BCUT2D eigenvalue weighted by Gasteiger charge is -2.13. The standard InChI is InChI=1S/C6H3BF4NO2/c8-5-1-4(7(9,10)11)2-6(3-5)12(13)14/h1-3H/q-1. The van der Waals surface area contributed by atoms with Crippen LogP contribution < -0.4 is 5.46 Å². The number of nitro groups is 1. The lowest BCUT2D eigenvalue weighted by atomic mass is 9.80. The second-order valence-corrected chi connectivity index (χ2v) is 2.57. The van der Waals surface area contributed by atoms with Crippen LogP contribution in [-0.4, -0.2) is 11.9 Å². The van der Waals surface area contributed by atoms with Gasteiger partial charge in [0.2, 0.25) is 0 Å². The zero-order valence-electron chi connectivity index (χ0n) is 6.58. The number of hydrogen-bond donors (Lipinski definition) is 0. The third kappa shape index (κ3) is 2.21. The van der Waals surface area contributed by atoms with E-state index < -0.39 is 28.9 Å². The molecule has 0 spiro atoms. The van der Waals surface area contributed by atoms with Crippen LogP contribution in [-0.2, 0) is 0 Å². The Hall–Kier alpha value is -1.60. The number of rotatable bonds is 2. The Balaban J connectivity index is 3.28. The van der Waals surface area contributed by atoms with Gasteiger partial charge in [0.15, 0.2) is 0 Å². The van der Waals surface area contributed by atoms with Crippen molar-refractivity contribution in [1.82, 2.24) is 0 Å². The predicted molar refractivity (Wildman–Crippen MR) is 41.8 cm³/mol. The first-order valence-corrected chi connectivity index (χ1v) is 3.45. The monoisotopic (exact) mass is 208 g/mol. The molecule has 3 nitrogen and oxygen atoms in total. The third-order valence-corrected chi connectivity index (χ3v) is 1.49.